The average Bonchev–Trinajstić information content (AvgIpc) is 2.44. The Morgan fingerprint density at radius 2 is 1.80 bits per heavy atom. The molecule has 5 heteroatoms. The molecule has 0 atom stereocenters. The first-order valence-electron chi connectivity index (χ1n) is 6.79. The van der Waals surface area contributed by atoms with Crippen molar-refractivity contribution in [3.63, 3.8) is 0 Å². The van der Waals surface area contributed by atoms with Crippen LogP contribution in [-0.2, 0) is 12.7 Å². The summed E-state index contributed by atoms with van der Waals surface area (Å²) in [6.07, 6.45) is -2.39. The molecule has 0 radical (unpaired) electrons. The predicted molar refractivity (Wildman–Crippen MR) is 76.9 cm³/mol. The van der Waals surface area contributed by atoms with Crippen LogP contribution >= 0.6 is 11.6 Å². The molecule has 1 nitrogen and oxygen atoms in total. The van der Waals surface area contributed by atoms with Crippen molar-refractivity contribution in [2.24, 2.45) is 5.41 Å². The van der Waals surface area contributed by atoms with E-state index in [1.54, 1.807) is 6.07 Å². The van der Waals surface area contributed by atoms with Gasteiger partial charge in [-0.2, -0.15) is 13.2 Å². The third-order valence-corrected chi connectivity index (χ3v) is 4.43. The largest absolute Gasteiger partial charge is 0.416 e. The average molecular weight is 308 g/mol. The van der Waals surface area contributed by atoms with Crippen LogP contribution in [0.3, 0.4) is 0 Å². The highest BCUT2D eigenvalue weighted by Gasteiger charge is 2.30. The van der Waals surface area contributed by atoms with E-state index in [9.17, 15) is 13.2 Å². The maximum Gasteiger partial charge on any atom is 0.416 e. The summed E-state index contributed by atoms with van der Waals surface area (Å²) in [6, 6.07) is 5.41. The minimum Gasteiger partial charge on any atom is -0.312 e. The standard InChI is InChI=1S/C15H21ClF3N/c1-3-14(4-2,10-16)11-20-9-12-6-5-7-13(8-12)15(17,18)19/h5-8,20H,3-4,9-11H2,1-2H3. The molecule has 0 fully saturated rings. The Bertz CT molecular complexity index is 406. The molecule has 0 bridgehead atoms. The van der Waals surface area contributed by atoms with Gasteiger partial charge in [0.2, 0.25) is 0 Å². The molecule has 1 N–H and O–H groups in total. The summed E-state index contributed by atoms with van der Waals surface area (Å²) >= 11 is 6.00. The Balaban J connectivity index is 2.62. The van der Waals surface area contributed by atoms with Crippen molar-refractivity contribution in [1.29, 1.82) is 0 Å². The highest BCUT2D eigenvalue weighted by Crippen LogP contribution is 2.30. The number of nitrogens with one attached hydrogen (secondary N) is 1. The van der Waals surface area contributed by atoms with Gasteiger partial charge in [-0.15, -0.1) is 11.6 Å². The van der Waals surface area contributed by atoms with Crippen molar-refractivity contribution in [3.8, 4) is 0 Å². The molecule has 0 spiro atoms. The maximum absolute atomic E-state index is 12.6. The van der Waals surface area contributed by atoms with E-state index >= 15 is 0 Å². The van der Waals surface area contributed by atoms with Crippen LogP contribution in [0.25, 0.3) is 0 Å². The van der Waals surface area contributed by atoms with Crippen LogP contribution in [0.2, 0.25) is 0 Å². The topological polar surface area (TPSA) is 12.0 Å². The Hall–Kier alpha value is -0.740. The van der Waals surface area contributed by atoms with Crippen LogP contribution in [0.4, 0.5) is 13.2 Å². The summed E-state index contributed by atoms with van der Waals surface area (Å²) < 4.78 is 37.8. The SMILES string of the molecule is CCC(CC)(CCl)CNCc1cccc(C(F)(F)F)c1. The zero-order chi connectivity index (χ0) is 15.2. The number of alkyl halides is 4. The fourth-order valence-corrected chi connectivity index (χ4v) is 2.54. The molecule has 0 aromatic heterocycles. The molecular formula is C15H21ClF3N. The van der Waals surface area contributed by atoms with Crippen molar-refractivity contribution < 1.29 is 13.2 Å². The fraction of sp³-hybridized carbons (Fsp3) is 0.600. The Morgan fingerprint density at radius 1 is 1.15 bits per heavy atom. The lowest BCUT2D eigenvalue weighted by atomic mass is 9.84. The first-order valence-corrected chi connectivity index (χ1v) is 7.33. The predicted octanol–water partition coefficient (Wildman–Crippen LogP) is 4.84. The van der Waals surface area contributed by atoms with Crippen molar-refractivity contribution in [2.75, 3.05) is 12.4 Å². The van der Waals surface area contributed by atoms with Gasteiger partial charge >= 0.3 is 6.18 Å². The summed E-state index contributed by atoms with van der Waals surface area (Å²) in [5.74, 6) is 0.551. The summed E-state index contributed by atoms with van der Waals surface area (Å²) in [6.45, 7) is 5.29. The molecular weight excluding hydrogens is 287 g/mol. The van der Waals surface area contributed by atoms with Gasteiger partial charge in [-0.3, -0.25) is 0 Å². The third-order valence-electron chi connectivity index (χ3n) is 3.87. The van der Waals surface area contributed by atoms with Crippen molar-refractivity contribution in [1.82, 2.24) is 5.32 Å². The molecule has 20 heavy (non-hydrogen) atoms. The summed E-state index contributed by atoms with van der Waals surface area (Å²) in [4.78, 5) is 0. The fourth-order valence-electron chi connectivity index (χ4n) is 2.07. The highest BCUT2D eigenvalue weighted by molar-refractivity contribution is 6.18. The first-order chi connectivity index (χ1) is 9.37. The molecule has 0 aliphatic heterocycles. The second-order valence-corrected chi connectivity index (χ2v) is 5.41. The molecule has 1 aromatic rings. The van der Waals surface area contributed by atoms with Crippen LogP contribution < -0.4 is 5.32 Å². The monoisotopic (exact) mass is 307 g/mol. The molecule has 1 aromatic carbocycles. The Labute approximate surface area is 123 Å². The van der Waals surface area contributed by atoms with Crippen LogP contribution in [0, 0.1) is 5.41 Å². The number of hydrogen-bond donors (Lipinski definition) is 1. The van der Waals surface area contributed by atoms with E-state index in [-0.39, 0.29) is 5.41 Å². The van der Waals surface area contributed by atoms with Gasteiger partial charge in [-0.25, -0.2) is 0 Å². The number of halogens is 4. The lowest BCUT2D eigenvalue weighted by molar-refractivity contribution is -0.137. The zero-order valence-corrected chi connectivity index (χ0v) is 12.6. The molecule has 0 saturated heterocycles. The van der Waals surface area contributed by atoms with Crippen LogP contribution in [0.5, 0.6) is 0 Å². The lowest BCUT2D eigenvalue weighted by Crippen LogP contribution is -2.34. The van der Waals surface area contributed by atoms with Crippen molar-refractivity contribution in [3.05, 3.63) is 35.4 Å². The van der Waals surface area contributed by atoms with E-state index < -0.39 is 11.7 Å². The lowest BCUT2D eigenvalue weighted by Gasteiger charge is -2.29. The Kier molecular flexibility index (Phi) is 6.34. The normalized spacial score (nSPS) is 12.7. The van der Waals surface area contributed by atoms with E-state index in [2.05, 4.69) is 19.2 Å². The van der Waals surface area contributed by atoms with E-state index in [1.807, 2.05) is 0 Å². The van der Waals surface area contributed by atoms with Gasteiger partial charge in [0.1, 0.15) is 0 Å². The van der Waals surface area contributed by atoms with Crippen LogP contribution in [0.1, 0.15) is 37.8 Å². The summed E-state index contributed by atoms with van der Waals surface area (Å²) in [7, 11) is 0. The van der Waals surface area contributed by atoms with Gasteiger partial charge in [-0.05, 0) is 29.9 Å². The third kappa shape index (κ3) is 4.67. The first kappa shape index (κ1) is 17.3. The van der Waals surface area contributed by atoms with Gasteiger partial charge in [0.05, 0.1) is 5.56 Å². The van der Waals surface area contributed by atoms with Gasteiger partial charge in [0, 0.05) is 19.0 Å². The number of rotatable bonds is 7. The quantitative estimate of drug-likeness (QED) is 0.711. The smallest absolute Gasteiger partial charge is 0.312 e. The van der Waals surface area contributed by atoms with Crippen LogP contribution in [-0.4, -0.2) is 12.4 Å². The maximum atomic E-state index is 12.6. The van der Waals surface area contributed by atoms with E-state index in [4.69, 9.17) is 11.6 Å². The minimum atomic E-state index is -4.29. The molecule has 0 unspecified atom stereocenters. The number of hydrogen-bond acceptors (Lipinski definition) is 1. The zero-order valence-electron chi connectivity index (χ0n) is 11.9. The second-order valence-electron chi connectivity index (χ2n) is 5.14. The molecule has 0 saturated carbocycles. The van der Waals surface area contributed by atoms with Gasteiger partial charge in [0.25, 0.3) is 0 Å². The minimum absolute atomic E-state index is 0.0171. The van der Waals surface area contributed by atoms with E-state index in [0.717, 1.165) is 18.9 Å². The second kappa shape index (κ2) is 7.32. The van der Waals surface area contributed by atoms with E-state index in [1.165, 1.54) is 12.1 Å². The van der Waals surface area contributed by atoms with Crippen molar-refractivity contribution >= 4 is 11.6 Å². The van der Waals surface area contributed by atoms with Gasteiger partial charge in [0.15, 0.2) is 0 Å². The summed E-state index contributed by atoms with van der Waals surface area (Å²) in [5, 5.41) is 3.22. The van der Waals surface area contributed by atoms with Gasteiger partial charge < -0.3 is 5.32 Å². The number of benzene rings is 1. The molecule has 1 rings (SSSR count). The molecule has 0 aliphatic carbocycles. The van der Waals surface area contributed by atoms with Crippen molar-refractivity contribution in [2.45, 2.75) is 39.4 Å². The molecule has 0 amide bonds. The van der Waals surface area contributed by atoms with E-state index in [0.29, 0.717) is 24.5 Å². The highest BCUT2D eigenvalue weighted by atomic mass is 35.5. The Morgan fingerprint density at radius 3 is 2.30 bits per heavy atom. The molecule has 0 aliphatic rings. The summed E-state index contributed by atoms with van der Waals surface area (Å²) in [5.41, 5.74) is 0.0466. The van der Waals surface area contributed by atoms with Crippen LogP contribution in [0.15, 0.2) is 24.3 Å². The van der Waals surface area contributed by atoms with Gasteiger partial charge in [-0.1, -0.05) is 32.0 Å². The molecule has 0 heterocycles. The molecule has 114 valence electrons.